The lowest BCUT2D eigenvalue weighted by Crippen LogP contribution is -2.63. The summed E-state index contributed by atoms with van der Waals surface area (Å²) in [6.07, 6.45) is 4.81. The molecular weight excluding hydrogens is 546 g/mol. The number of β-lactam (4-membered cyclic amide) rings is 1. The highest BCUT2D eigenvalue weighted by Gasteiger charge is 2.60. The molecule has 11 nitrogen and oxygen atoms in total. The number of aromatic nitrogens is 2. The third-order valence-electron chi connectivity index (χ3n) is 8.13. The molecule has 2 N–H and O–H groups in total. The Hall–Kier alpha value is -4.29. The number of imidazole rings is 1. The highest BCUT2D eigenvalue weighted by Crippen LogP contribution is 2.47. The number of carbonyl (C=O) groups excluding carboxylic acids is 1. The van der Waals surface area contributed by atoms with Gasteiger partial charge in [0.1, 0.15) is 30.3 Å². The molecule has 4 heterocycles. The van der Waals surface area contributed by atoms with Gasteiger partial charge < -0.3 is 15.1 Å². The number of hydrogen-bond donors (Lipinski definition) is 2. The Morgan fingerprint density at radius 3 is 2.51 bits per heavy atom. The molecule has 41 heavy (non-hydrogen) atoms. The second-order valence-electron chi connectivity index (χ2n) is 10.8. The summed E-state index contributed by atoms with van der Waals surface area (Å²) in [5.74, 6) is -3.04. The van der Waals surface area contributed by atoms with Crippen LogP contribution in [0.25, 0.3) is 0 Å². The van der Waals surface area contributed by atoms with Crippen molar-refractivity contribution < 1.29 is 32.8 Å². The molecule has 6 rings (SSSR count). The maximum absolute atomic E-state index is 14.0. The van der Waals surface area contributed by atoms with Crippen molar-refractivity contribution in [2.24, 2.45) is 24.0 Å². The van der Waals surface area contributed by atoms with Crippen molar-refractivity contribution in [1.29, 1.82) is 0 Å². The minimum atomic E-state index is -4.17. The van der Waals surface area contributed by atoms with Gasteiger partial charge in [-0.2, -0.15) is 17.9 Å². The number of aryl methyl sites for hydroxylation is 1. The van der Waals surface area contributed by atoms with Crippen LogP contribution in [0.3, 0.4) is 0 Å². The molecule has 0 radical (unpaired) electrons. The number of sulfonamides is 1. The summed E-state index contributed by atoms with van der Waals surface area (Å²) < 4.78 is 32.8. The minimum Gasteiger partial charge on any atom is -0.477 e. The molecule has 3 aromatic rings. The molecule has 3 aliphatic heterocycles. The molecule has 0 aliphatic carbocycles. The Morgan fingerprint density at radius 2 is 1.88 bits per heavy atom. The molecule has 0 saturated carbocycles. The average Bonchev–Trinajstić information content (AvgIpc) is 3.44. The summed E-state index contributed by atoms with van der Waals surface area (Å²) in [5, 5.41) is 24.8. The van der Waals surface area contributed by atoms with Crippen molar-refractivity contribution in [1.82, 2.24) is 13.9 Å². The molecule has 1 amide bonds. The highest BCUT2D eigenvalue weighted by molar-refractivity contribution is 7.89. The Balaban J connectivity index is 1.44. The average molecular weight is 577 g/mol. The van der Waals surface area contributed by atoms with Crippen LogP contribution in [0.15, 0.2) is 88.5 Å². The van der Waals surface area contributed by atoms with Crippen molar-refractivity contribution >= 4 is 27.6 Å². The van der Waals surface area contributed by atoms with Crippen LogP contribution >= 0.6 is 0 Å². The quantitative estimate of drug-likeness (QED) is 0.322. The SMILES string of the molecule is C[C@@H](O)[C@H]1C(=O)N2C(C(=O)O)=C(CN3N=C(c4ccccc4)c4cc(Cn5cc[n+](C)c5)ccc4S3(=O)=O)[C@H](C)[C@H]12. The van der Waals surface area contributed by atoms with Gasteiger partial charge in [-0.3, -0.25) is 4.79 Å². The van der Waals surface area contributed by atoms with Gasteiger partial charge in [0.15, 0.2) is 0 Å². The molecule has 0 unspecified atom stereocenters. The zero-order valence-corrected chi connectivity index (χ0v) is 23.6. The van der Waals surface area contributed by atoms with Crippen molar-refractivity contribution in [3.8, 4) is 0 Å². The zero-order chi connectivity index (χ0) is 29.2. The first-order valence-electron chi connectivity index (χ1n) is 13.3. The van der Waals surface area contributed by atoms with E-state index in [1.807, 2.05) is 71.3 Å². The van der Waals surface area contributed by atoms with Crippen LogP contribution in [0.1, 0.15) is 30.5 Å². The van der Waals surface area contributed by atoms with Crippen LogP contribution in [-0.4, -0.2) is 68.8 Å². The number of benzene rings is 2. The third-order valence-corrected chi connectivity index (χ3v) is 9.80. The van der Waals surface area contributed by atoms with E-state index in [1.54, 1.807) is 19.1 Å². The Labute approximate surface area is 237 Å². The normalized spacial score (nSPS) is 23.6. The molecule has 0 bridgehead atoms. The Morgan fingerprint density at radius 1 is 1.15 bits per heavy atom. The van der Waals surface area contributed by atoms with Crippen LogP contribution < -0.4 is 4.57 Å². The number of amides is 1. The molecule has 2 aromatic carbocycles. The van der Waals surface area contributed by atoms with Crippen LogP contribution in [0, 0.1) is 11.8 Å². The van der Waals surface area contributed by atoms with Crippen LogP contribution in [0.5, 0.6) is 0 Å². The van der Waals surface area contributed by atoms with E-state index >= 15 is 0 Å². The molecule has 1 aromatic heterocycles. The fourth-order valence-corrected chi connectivity index (χ4v) is 7.55. The topological polar surface area (TPSA) is 136 Å². The van der Waals surface area contributed by atoms with Gasteiger partial charge in [-0.1, -0.05) is 43.3 Å². The molecule has 212 valence electrons. The molecular formula is C29H30N5O6S+. The van der Waals surface area contributed by atoms with Gasteiger partial charge in [0, 0.05) is 17.0 Å². The van der Waals surface area contributed by atoms with Crippen LogP contribution in [0.4, 0.5) is 0 Å². The molecule has 4 atom stereocenters. The Kier molecular flexibility index (Phi) is 6.34. The van der Waals surface area contributed by atoms with Gasteiger partial charge in [0.2, 0.25) is 12.2 Å². The first-order valence-corrected chi connectivity index (χ1v) is 14.7. The Bertz CT molecular complexity index is 1740. The number of carboxylic acid groups (broad SMARTS) is 1. The first-order chi connectivity index (χ1) is 19.5. The number of aliphatic carboxylic acids is 1. The highest BCUT2D eigenvalue weighted by atomic mass is 32.2. The standard InChI is InChI=1S/C29H29N5O6S/c1-17-22(27(29(37)38)34-26(17)24(18(2)35)28(34)36)15-33-30-25(20-7-5-4-6-8-20)21-13-19(9-10-23(21)41(33,39)40)14-32-12-11-31(3)16-32/h4-13,16-18,24,26,35H,14-15H2,1-3H3/p+1/t17-,18+,24+,26+/m0/s1. The zero-order valence-electron chi connectivity index (χ0n) is 22.7. The van der Waals surface area contributed by atoms with E-state index in [1.165, 1.54) is 11.8 Å². The summed E-state index contributed by atoms with van der Waals surface area (Å²) in [7, 11) is -2.25. The number of aliphatic hydroxyl groups excluding tert-OH is 1. The maximum atomic E-state index is 14.0. The van der Waals surface area contributed by atoms with Gasteiger partial charge in [-0.15, -0.1) is 0 Å². The number of fused-ring (bicyclic) bond motifs is 2. The molecule has 3 aliphatic rings. The molecule has 0 spiro atoms. The number of rotatable bonds is 7. The van der Waals surface area contributed by atoms with E-state index in [4.69, 9.17) is 0 Å². The van der Waals surface area contributed by atoms with Gasteiger partial charge in [0.25, 0.3) is 10.0 Å². The smallest absolute Gasteiger partial charge is 0.352 e. The number of aliphatic hydroxyl groups is 1. The lowest BCUT2D eigenvalue weighted by molar-refractivity contribution is -0.671. The molecule has 1 fully saturated rings. The molecule has 1 saturated heterocycles. The summed E-state index contributed by atoms with van der Waals surface area (Å²) in [6.45, 7) is 3.44. The maximum Gasteiger partial charge on any atom is 0.352 e. The fraction of sp³-hybridized carbons (Fsp3) is 0.310. The minimum absolute atomic E-state index is 0.0671. The summed E-state index contributed by atoms with van der Waals surface area (Å²) >= 11 is 0. The van der Waals surface area contributed by atoms with Crippen LogP contribution in [0.2, 0.25) is 0 Å². The van der Waals surface area contributed by atoms with E-state index in [-0.39, 0.29) is 22.7 Å². The van der Waals surface area contributed by atoms with E-state index in [0.717, 1.165) is 9.98 Å². The number of nitrogens with zero attached hydrogens (tertiary/aromatic N) is 5. The largest absolute Gasteiger partial charge is 0.477 e. The number of carbonyl (C=O) groups is 2. The van der Waals surface area contributed by atoms with Crippen molar-refractivity contribution in [2.45, 2.75) is 37.4 Å². The number of carboxylic acids is 1. The monoisotopic (exact) mass is 576 g/mol. The summed E-state index contributed by atoms with van der Waals surface area (Å²) in [5.41, 5.74) is 2.54. The molecule has 12 heteroatoms. The summed E-state index contributed by atoms with van der Waals surface area (Å²) in [6, 6.07) is 13.8. The fourth-order valence-electron chi connectivity index (χ4n) is 6.15. The van der Waals surface area contributed by atoms with E-state index < -0.39 is 45.9 Å². The van der Waals surface area contributed by atoms with Gasteiger partial charge in [-0.25, -0.2) is 13.9 Å². The second-order valence-corrected chi connectivity index (χ2v) is 12.6. The predicted octanol–water partition coefficient (Wildman–Crippen LogP) is 1.31. The second kappa shape index (κ2) is 9.67. The summed E-state index contributed by atoms with van der Waals surface area (Å²) in [4.78, 5) is 26.4. The van der Waals surface area contributed by atoms with E-state index in [0.29, 0.717) is 23.4 Å². The van der Waals surface area contributed by atoms with Gasteiger partial charge >= 0.3 is 5.97 Å². The van der Waals surface area contributed by atoms with E-state index in [9.17, 15) is 28.2 Å². The number of hydrazone groups is 1. The van der Waals surface area contributed by atoms with Gasteiger partial charge in [-0.05, 0) is 30.2 Å². The van der Waals surface area contributed by atoms with E-state index in [2.05, 4.69) is 5.10 Å². The third kappa shape index (κ3) is 4.25. The lowest BCUT2D eigenvalue weighted by atomic mass is 9.78. The lowest BCUT2D eigenvalue weighted by Gasteiger charge is -2.46. The number of hydrogen-bond acceptors (Lipinski definition) is 6. The first kappa shape index (κ1) is 26.9. The predicted molar refractivity (Wildman–Crippen MR) is 147 cm³/mol. The van der Waals surface area contributed by atoms with Crippen molar-refractivity contribution in [3.63, 3.8) is 0 Å². The van der Waals surface area contributed by atoms with Crippen molar-refractivity contribution in [3.05, 3.63) is 95.2 Å². The van der Waals surface area contributed by atoms with Crippen molar-refractivity contribution in [2.75, 3.05) is 6.54 Å². The van der Waals surface area contributed by atoms with Gasteiger partial charge in [0.05, 0.1) is 36.6 Å². The van der Waals surface area contributed by atoms with Crippen LogP contribution in [-0.2, 0) is 33.2 Å².